The summed E-state index contributed by atoms with van der Waals surface area (Å²) in [6.07, 6.45) is 1.59. The highest BCUT2D eigenvalue weighted by Crippen LogP contribution is 2.30. The number of aldehydes is 1. The van der Waals surface area contributed by atoms with Crippen LogP contribution in [0.4, 0.5) is 8.78 Å². The summed E-state index contributed by atoms with van der Waals surface area (Å²) in [6, 6.07) is 9.45. The molecule has 2 aromatic carbocycles. The van der Waals surface area contributed by atoms with Crippen LogP contribution in [0.3, 0.4) is 0 Å². The number of pyridine rings is 1. The molecular weight excluding hydrogens is 398 g/mol. The van der Waals surface area contributed by atoms with E-state index in [0.29, 0.717) is 17.9 Å². The fraction of sp³-hybridized carbons (Fsp3) is 0.190. The summed E-state index contributed by atoms with van der Waals surface area (Å²) < 4.78 is 40.4. The molecule has 7 nitrogen and oxygen atoms in total. The van der Waals surface area contributed by atoms with Crippen molar-refractivity contribution in [3.05, 3.63) is 75.6 Å². The van der Waals surface area contributed by atoms with Gasteiger partial charge in [0.2, 0.25) is 11.2 Å². The maximum atomic E-state index is 14.6. The normalized spacial score (nSPS) is 10.6. The number of hydrogen-bond donors (Lipinski definition) is 1. The van der Waals surface area contributed by atoms with Crippen molar-refractivity contribution in [3.63, 3.8) is 0 Å². The van der Waals surface area contributed by atoms with Gasteiger partial charge in [0, 0.05) is 6.20 Å². The van der Waals surface area contributed by atoms with E-state index in [1.807, 2.05) is 0 Å². The van der Waals surface area contributed by atoms with Crippen LogP contribution in [-0.2, 0) is 16.1 Å². The van der Waals surface area contributed by atoms with Crippen LogP contribution in [-0.4, -0.2) is 30.1 Å². The van der Waals surface area contributed by atoms with E-state index in [1.54, 1.807) is 37.3 Å². The molecule has 0 radical (unpaired) electrons. The Kier molecular flexibility index (Phi) is 6.41. The molecule has 9 heteroatoms. The van der Waals surface area contributed by atoms with Crippen LogP contribution in [0.15, 0.2) is 47.4 Å². The van der Waals surface area contributed by atoms with Gasteiger partial charge in [0.05, 0.1) is 18.5 Å². The third-order valence-corrected chi connectivity index (χ3v) is 4.20. The zero-order valence-electron chi connectivity index (χ0n) is 16.0. The van der Waals surface area contributed by atoms with Crippen LogP contribution in [0.5, 0.6) is 5.75 Å². The van der Waals surface area contributed by atoms with Crippen LogP contribution in [0.1, 0.15) is 22.8 Å². The minimum atomic E-state index is -1.31. The monoisotopic (exact) mass is 416 g/mol. The molecule has 0 aliphatic heterocycles. The van der Waals surface area contributed by atoms with Gasteiger partial charge in [0.15, 0.2) is 11.6 Å². The number of halogens is 2. The molecule has 30 heavy (non-hydrogen) atoms. The van der Waals surface area contributed by atoms with Crippen molar-refractivity contribution in [2.75, 3.05) is 18.6 Å². The molecule has 0 amide bonds. The van der Waals surface area contributed by atoms with E-state index < -0.39 is 34.3 Å². The molecule has 0 spiro atoms. The number of carbonyl (C=O) groups excluding carboxylic acids is 2. The van der Waals surface area contributed by atoms with Crippen molar-refractivity contribution < 1.29 is 27.8 Å². The summed E-state index contributed by atoms with van der Waals surface area (Å²) in [7, 11) is 0. The molecule has 156 valence electrons. The Morgan fingerprint density at radius 2 is 1.97 bits per heavy atom. The Balaban J connectivity index is 2.22. The number of carbonyl (C=O) groups is 2. The van der Waals surface area contributed by atoms with E-state index in [0.717, 1.165) is 10.9 Å². The summed E-state index contributed by atoms with van der Waals surface area (Å²) in [5, 5.41) is -0.305. The first-order valence-electron chi connectivity index (χ1n) is 9.06. The van der Waals surface area contributed by atoms with Crippen LogP contribution in [0.25, 0.3) is 10.9 Å². The standard InChI is InChI=1S/C21H18F2N2O5/c1-2-29-21(28)15-11-25(24-8-9-26)18-14(19(15)27)10-16(22)17(23)20(18)30-12-13-6-4-3-5-7-13/h3-7,9-11,24H,2,8,12H2,1H3. The van der Waals surface area contributed by atoms with Gasteiger partial charge in [-0.05, 0) is 18.6 Å². The van der Waals surface area contributed by atoms with Gasteiger partial charge >= 0.3 is 5.97 Å². The zero-order chi connectivity index (χ0) is 21.7. The summed E-state index contributed by atoms with van der Waals surface area (Å²) >= 11 is 0. The Morgan fingerprint density at radius 1 is 1.23 bits per heavy atom. The number of nitrogens with zero attached hydrogens (tertiary/aromatic N) is 1. The number of hydrogen-bond acceptors (Lipinski definition) is 6. The lowest BCUT2D eigenvalue weighted by molar-refractivity contribution is -0.106. The Hall–Kier alpha value is -3.75. The average molecular weight is 416 g/mol. The number of ether oxygens (including phenoxy) is 2. The smallest absolute Gasteiger partial charge is 0.343 e. The van der Waals surface area contributed by atoms with Crippen molar-refractivity contribution in [3.8, 4) is 5.75 Å². The maximum absolute atomic E-state index is 14.6. The third kappa shape index (κ3) is 4.14. The largest absolute Gasteiger partial charge is 0.483 e. The quantitative estimate of drug-likeness (QED) is 0.449. The average Bonchev–Trinajstić information content (AvgIpc) is 2.75. The minimum absolute atomic E-state index is 0.0152. The lowest BCUT2D eigenvalue weighted by atomic mass is 10.1. The van der Waals surface area contributed by atoms with Gasteiger partial charge in [-0.1, -0.05) is 30.3 Å². The molecule has 0 bridgehead atoms. The van der Waals surface area contributed by atoms with Crippen molar-refractivity contribution in [2.24, 2.45) is 0 Å². The number of esters is 1. The molecule has 3 rings (SSSR count). The first kappa shape index (κ1) is 21.0. The van der Waals surface area contributed by atoms with E-state index in [4.69, 9.17) is 9.47 Å². The highest BCUT2D eigenvalue weighted by Gasteiger charge is 2.24. The van der Waals surface area contributed by atoms with E-state index in [-0.39, 0.29) is 30.7 Å². The van der Waals surface area contributed by atoms with Crippen LogP contribution in [0.2, 0.25) is 0 Å². The molecule has 0 aliphatic carbocycles. The number of nitrogens with one attached hydrogen (secondary N) is 1. The van der Waals surface area contributed by atoms with Crippen molar-refractivity contribution in [1.29, 1.82) is 0 Å². The predicted molar refractivity (Wildman–Crippen MR) is 105 cm³/mol. The van der Waals surface area contributed by atoms with E-state index >= 15 is 0 Å². The molecule has 0 aliphatic rings. The molecule has 0 atom stereocenters. The third-order valence-electron chi connectivity index (χ3n) is 4.20. The van der Waals surface area contributed by atoms with Gasteiger partial charge < -0.3 is 19.7 Å². The highest BCUT2D eigenvalue weighted by molar-refractivity contribution is 5.95. The Bertz CT molecular complexity index is 1150. The van der Waals surface area contributed by atoms with Gasteiger partial charge in [0.1, 0.15) is 24.0 Å². The second-order valence-electron chi connectivity index (χ2n) is 6.16. The minimum Gasteiger partial charge on any atom is -0.483 e. The number of benzene rings is 2. The van der Waals surface area contributed by atoms with Crippen molar-refractivity contribution >= 4 is 23.2 Å². The van der Waals surface area contributed by atoms with E-state index in [9.17, 15) is 23.2 Å². The van der Waals surface area contributed by atoms with Crippen LogP contribution >= 0.6 is 0 Å². The van der Waals surface area contributed by atoms with Crippen LogP contribution in [0, 0.1) is 11.6 Å². The van der Waals surface area contributed by atoms with Crippen molar-refractivity contribution in [2.45, 2.75) is 13.5 Å². The number of fused-ring (bicyclic) bond motifs is 1. The lowest BCUT2D eigenvalue weighted by Crippen LogP contribution is -2.26. The molecule has 0 saturated heterocycles. The van der Waals surface area contributed by atoms with Crippen LogP contribution < -0.4 is 15.6 Å². The summed E-state index contributed by atoms with van der Waals surface area (Å²) in [4.78, 5) is 35.8. The topological polar surface area (TPSA) is 86.6 Å². The number of rotatable bonds is 8. The molecule has 1 heterocycles. The lowest BCUT2D eigenvalue weighted by Gasteiger charge is -2.18. The molecule has 0 fully saturated rings. The van der Waals surface area contributed by atoms with Gasteiger partial charge in [-0.2, -0.15) is 4.39 Å². The molecule has 3 aromatic rings. The van der Waals surface area contributed by atoms with Gasteiger partial charge in [-0.3, -0.25) is 9.47 Å². The molecule has 1 N–H and O–H groups in total. The maximum Gasteiger partial charge on any atom is 0.343 e. The second-order valence-corrected chi connectivity index (χ2v) is 6.16. The fourth-order valence-corrected chi connectivity index (χ4v) is 2.88. The van der Waals surface area contributed by atoms with Gasteiger partial charge in [-0.25, -0.2) is 9.18 Å². The predicted octanol–water partition coefficient (Wildman–Crippen LogP) is 2.78. The fourth-order valence-electron chi connectivity index (χ4n) is 2.88. The summed E-state index contributed by atoms with van der Waals surface area (Å²) in [6.45, 7) is 1.25. The van der Waals surface area contributed by atoms with Gasteiger partial charge in [0.25, 0.3) is 0 Å². The SMILES string of the molecule is CCOC(=O)c1cn(NCC=O)c2c(OCc3ccccc3)c(F)c(F)cc2c1=O. The first-order valence-corrected chi connectivity index (χ1v) is 9.06. The summed E-state index contributed by atoms with van der Waals surface area (Å²) in [5.41, 5.74) is 1.91. The Morgan fingerprint density at radius 3 is 2.63 bits per heavy atom. The van der Waals surface area contributed by atoms with Gasteiger partial charge in [-0.15, -0.1) is 0 Å². The molecule has 0 unspecified atom stereocenters. The number of aromatic nitrogens is 1. The molecule has 0 saturated carbocycles. The second kappa shape index (κ2) is 9.17. The van der Waals surface area contributed by atoms with Crippen molar-refractivity contribution in [1.82, 2.24) is 4.68 Å². The first-order chi connectivity index (χ1) is 14.5. The van der Waals surface area contributed by atoms with E-state index in [2.05, 4.69) is 5.43 Å². The highest BCUT2D eigenvalue weighted by atomic mass is 19.2. The van der Waals surface area contributed by atoms with E-state index in [1.165, 1.54) is 0 Å². The molecule has 1 aromatic heterocycles. The molecular formula is C21H18F2N2O5. The zero-order valence-corrected chi connectivity index (χ0v) is 16.0. The summed E-state index contributed by atoms with van der Waals surface area (Å²) in [5.74, 6) is -4.07. The Labute approximate surface area is 169 Å².